The molecular weight excluding hydrogens is 282 g/mol. The van der Waals surface area contributed by atoms with Crippen molar-refractivity contribution < 1.29 is 4.79 Å². The quantitative estimate of drug-likeness (QED) is 0.785. The molecule has 1 aliphatic rings. The van der Waals surface area contributed by atoms with E-state index in [0.717, 1.165) is 25.2 Å². The topological polar surface area (TPSA) is 58.4 Å². The molecule has 1 fully saturated rings. The van der Waals surface area contributed by atoms with Crippen LogP contribution in [-0.2, 0) is 4.79 Å². The van der Waals surface area contributed by atoms with Gasteiger partial charge in [0.2, 0.25) is 5.91 Å². The molecule has 1 atom stereocenters. The van der Waals surface area contributed by atoms with Gasteiger partial charge in [0.1, 0.15) is 5.92 Å². The Labute approximate surface area is 131 Å². The zero-order valence-corrected chi connectivity index (χ0v) is 13.1. The van der Waals surface area contributed by atoms with Crippen LogP contribution in [0.4, 0.5) is 0 Å². The molecule has 3 N–H and O–H groups in total. The number of carbonyl (C=O) groups is 1. The van der Waals surface area contributed by atoms with Gasteiger partial charge in [-0.3, -0.25) is 4.79 Å². The van der Waals surface area contributed by atoms with Crippen LogP contribution in [0, 0.1) is 0 Å². The lowest BCUT2D eigenvalue weighted by atomic mass is 9.98. The number of thiocarbonyl (C=S) groups is 1. The lowest BCUT2D eigenvalue weighted by molar-refractivity contribution is -0.121. The SMILES string of the molecule is NC(=S)C(C(=O)NCCN1CCCCC1)c1ccccc1. The fraction of sp³-hybridized carbons (Fsp3) is 0.500. The molecule has 0 saturated carbocycles. The minimum absolute atomic E-state index is 0.106. The lowest BCUT2D eigenvalue weighted by Gasteiger charge is -2.26. The van der Waals surface area contributed by atoms with E-state index in [1.165, 1.54) is 19.3 Å². The van der Waals surface area contributed by atoms with E-state index in [4.69, 9.17) is 18.0 Å². The number of nitrogens with two attached hydrogens (primary N) is 1. The van der Waals surface area contributed by atoms with Gasteiger partial charge in [0.15, 0.2) is 0 Å². The van der Waals surface area contributed by atoms with Crippen LogP contribution in [0.15, 0.2) is 30.3 Å². The summed E-state index contributed by atoms with van der Waals surface area (Å²) in [6, 6.07) is 9.46. The fourth-order valence-corrected chi connectivity index (χ4v) is 2.96. The number of hydrogen-bond acceptors (Lipinski definition) is 3. The smallest absolute Gasteiger partial charge is 0.234 e. The summed E-state index contributed by atoms with van der Waals surface area (Å²) in [4.78, 5) is 14.9. The highest BCUT2D eigenvalue weighted by atomic mass is 32.1. The molecule has 0 bridgehead atoms. The molecular formula is C16H23N3OS. The van der Waals surface area contributed by atoms with Crippen molar-refractivity contribution in [2.24, 2.45) is 5.73 Å². The second kappa shape index (κ2) is 8.10. The van der Waals surface area contributed by atoms with Gasteiger partial charge in [0.05, 0.1) is 4.99 Å². The number of piperidine rings is 1. The van der Waals surface area contributed by atoms with Crippen molar-refractivity contribution in [1.82, 2.24) is 10.2 Å². The number of rotatable bonds is 6. The van der Waals surface area contributed by atoms with Gasteiger partial charge in [0, 0.05) is 13.1 Å². The van der Waals surface area contributed by atoms with Gasteiger partial charge in [-0.05, 0) is 31.5 Å². The second-order valence-electron chi connectivity index (χ2n) is 5.44. The highest BCUT2D eigenvalue weighted by Crippen LogP contribution is 2.16. The first-order valence-corrected chi connectivity index (χ1v) is 7.93. The standard InChI is InChI=1S/C16H23N3OS/c17-15(21)14(13-7-3-1-4-8-13)16(20)18-9-12-19-10-5-2-6-11-19/h1,3-4,7-8,14H,2,5-6,9-12H2,(H2,17,21)(H,18,20). The molecule has 0 spiro atoms. The maximum Gasteiger partial charge on any atom is 0.234 e. The van der Waals surface area contributed by atoms with Crippen molar-refractivity contribution in [2.75, 3.05) is 26.2 Å². The first-order valence-electron chi connectivity index (χ1n) is 7.53. The zero-order valence-electron chi connectivity index (χ0n) is 12.3. The van der Waals surface area contributed by atoms with Crippen LogP contribution in [0.3, 0.4) is 0 Å². The summed E-state index contributed by atoms with van der Waals surface area (Å²) in [5.41, 5.74) is 6.59. The zero-order chi connectivity index (χ0) is 15.1. The van der Waals surface area contributed by atoms with E-state index in [2.05, 4.69) is 10.2 Å². The van der Waals surface area contributed by atoms with Crippen molar-refractivity contribution in [2.45, 2.75) is 25.2 Å². The number of carbonyl (C=O) groups excluding carboxylic acids is 1. The second-order valence-corrected chi connectivity index (χ2v) is 5.91. The third kappa shape index (κ3) is 4.79. The van der Waals surface area contributed by atoms with E-state index in [1.807, 2.05) is 30.3 Å². The van der Waals surface area contributed by atoms with Crippen LogP contribution < -0.4 is 11.1 Å². The van der Waals surface area contributed by atoms with E-state index in [-0.39, 0.29) is 10.9 Å². The first-order chi connectivity index (χ1) is 10.2. The minimum Gasteiger partial charge on any atom is -0.392 e. The lowest BCUT2D eigenvalue weighted by Crippen LogP contribution is -2.41. The molecule has 1 unspecified atom stereocenters. The third-order valence-corrected chi connectivity index (χ3v) is 4.09. The van der Waals surface area contributed by atoms with Gasteiger partial charge in [0.25, 0.3) is 0 Å². The van der Waals surface area contributed by atoms with Crippen LogP contribution in [0.1, 0.15) is 30.7 Å². The van der Waals surface area contributed by atoms with Crippen molar-refractivity contribution in [1.29, 1.82) is 0 Å². The van der Waals surface area contributed by atoms with E-state index in [1.54, 1.807) is 0 Å². The Kier molecular flexibility index (Phi) is 6.14. The van der Waals surface area contributed by atoms with Crippen molar-refractivity contribution in [3.8, 4) is 0 Å². The highest BCUT2D eigenvalue weighted by Gasteiger charge is 2.23. The van der Waals surface area contributed by atoms with Gasteiger partial charge in [-0.25, -0.2) is 0 Å². The molecule has 1 heterocycles. The molecule has 0 aliphatic carbocycles. The summed E-state index contributed by atoms with van der Waals surface area (Å²) >= 11 is 5.06. The molecule has 0 aromatic heterocycles. The summed E-state index contributed by atoms with van der Waals surface area (Å²) in [7, 11) is 0. The summed E-state index contributed by atoms with van der Waals surface area (Å²) in [5, 5.41) is 2.96. The normalized spacial score (nSPS) is 17.1. The summed E-state index contributed by atoms with van der Waals surface area (Å²) in [6.45, 7) is 3.80. The van der Waals surface area contributed by atoms with Gasteiger partial charge < -0.3 is 16.0 Å². The Hall–Kier alpha value is -1.46. The molecule has 0 radical (unpaired) electrons. The average Bonchev–Trinajstić information content (AvgIpc) is 2.49. The third-order valence-electron chi connectivity index (χ3n) is 3.86. The van der Waals surface area contributed by atoms with Crippen molar-refractivity contribution in [3.05, 3.63) is 35.9 Å². The molecule has 1 aliphatic heterocycles. The molecule has 2 rings (SSSR count). The molecule has 5 heteroatoms. The molecule has 1 saturated heterocycles. The van der Waals surface area contributed by atoms with Gasteiger partial charge in [-0.1, -0.05) is 49.0 Å². The molecule has 21 heavy (non-hydrogen) atoms. The number of nitrogens with one attached hydrogen (secondary N) is 1. The predicted molar refractivity (Wildman–Crippen MR) is 89.3 cm³/mol. The van der Waals surface area contributed by atoms with Crippen LogP contribution in [-0.4, -0.2) is 42.0 Å². The van der Waals surface area contributed by atoms with Gasteiger partial charge >= 0.3 is 0 Å². The fourth-order valence-electron chi connectivity index (χ4n) is 2.71. The van der Waals surface area contributed by atoms with Crippen molar-refractivity contribution >= 4 is 23.1 Å². The molecule has 1 aromatic carbocycles. The minimum atomic E-state index is -0.539. The highest BCUT2D eigenvalue weighted by molar-refractivity contribution is 7.80. The Morgan fingerprint density at radius 3 is 2.52 bits per heavy atom. The molecule has 4 nitrogen and oxygen atoms in total. The predicted octanol–water partition coefficient (Wildman–Crippen LogP) is 1.66. The number of nitrogens with zero attached hydrogens (tertiary/aromatic N) is 1. The Morgan fingerprint density at radius 1 is 1.24 bits per heavy atom. The number of amides is 1. The van der Waals surface area contributed by atoms with Gasteiger partial charge in [-0.15, -0.1) is 0 Å². The number of likely N-dealkylation sites (tertiary alicyclic amines) is 1. The Bertz CT molecular complexity index is 472. The largest absolute Gasteiger partial charge is 0.392 e. The maximum absolute atomic E-state index is 12.3. The Balaban J connectivity index is 1.86. The van der Waals surface area contributed by atoms with Crippen LogP contribution >= 0.6 is 12.2 Å². The maximum atomic E-state index is 12.3. The summed E-state index contributed by atoms with van der Waals surface area (Å²) in [5.74, 6) is -0.645. The van der Waals surface area contributed by atoms with E-state index in [0.29, 0.717) is 6.54 Å². The van der Waals surface area contributed by atoms with E-state index >= 15 is 0 Å². The number of hydrogen-bond donors (Lipinski definition) is 2. The number of benzene rings is 1. The van der Waals surface area contributed by atoms with Gasteiger partial charge in [-0.2, -0.15) is 0 Å². The Morgan fingerprint density at radius 2 is 1.90 bits per heavy atom. The summed E-state index contributed by atoms with van der Waals surface area (Å²) in [6.07, 6.45) is 3.83. The molecule has 114 valence electrons. The molecule has 1 aromatic rings. The van der Waals surface area contributed by atoms with E-state index in [9.17, 15) is 4.79 Å². The average molecular weight is 305 g/mol. The summed E-state index contributed by atoms with van der Waals surface area (Å²) < 4.78 is 0. The van der Waals surface area contributed by atoms with Crippen LogP contribution in [0.2, 0.25) is 0 Å². The van der Waals surface area contributed by atoms with Crippen LogP contribution in [0.5, 0.6) is 0 Å². The first kappa shape index (κ1) is 15.9. The van der Waals surface area contributed by atoms with E-state index < -0.39 is 5.92 Å². The van der Waals surface area contributed by atoms with Crippen molar-refractivity contribution in [3.63, 3.8) is 0 Å². The van der Waals surface area contributed by atoms with Crippen LogP contribution in [0.25, 0.3) is 0 Å². The molecule has 1 amide bonds. The monoisotopic (exact) mass is 305 g/mol.